The highest BCUT2D eigenvalue weighted by atomic mass is 16.6. The van der Waals surface area contributed by atoms with Crippen molar-refractivity contribution in [3.8, 4) is 0 Å². The van der Waals surface area contributed by atoms with Crippen LogP contribution in [0.3, 0.4) is 0 Å². The topological polar surface area (TPSA) is 29.5 Å². The van der Waals surface area contributed by atoms with Crippen LogP contribution < -0.4 is 0 Å². The molecule has 3 fully saturated rings. The van der Waals surface area contributed by atoms with E-state index in [2.05, 4.69) is 18.7 Å². The maximum Gasteiger partial charge on any atom is 0.331 e. The fourth-order valence-corrected chi connectivity index (χ4v) is 5.34. The van der Waals surface area contributed by atoms with Gasteiger partial charge in [0, 0.05) is 18.5 Å². The van der Waals surface area contributed by atoms with Crippen LogP contribution >= 0.6 is 0 Å². The summed E-state index contributed by atoms with van der Waals surface area (Å²) in [4.78, 5) is 14.6. The second-order valence-electron chi connectivity index (χ2n) is 7.94. The van der Waals surface area contributed by atoms with E-state index in [1.165, 1.54) is 44.2 Å². The highest BCUT2D eigenvalue weighted by Gasteiger charge is 2.63. The maximum atomic E-state index is 11.9. The first-order chi connectivity index (χ1) is 10.1. The number of piperidine rings is 1. The molecule has 0 aromatic heterocycles. The Morgan fingerprint density at radius 3 is 3.10 bits per heavy atom. The lowest BCUT2D eigenvalue weighted by Crippen LogP contribution is -2.48. The Hall–Kier alpha value is -0.830. The molecule has 0 amide bonds. The van der Waals surface area contributed by atoms with Crippen LogP contribution in [-0.2, 0) is 9.53 Å². The minimum Gasteiger partial charge on any atom is -0.450 e. The molecule has 116 valence electrons. The van der Waals surface area contributed by atoms with Crippen molar-refractivity contribution in [1.29, 1.82) is 0 Å². The molecule has 0 aromatic rings. The molecule has 3 heteroatoms. The van der Waals surface area contributed by atoms with Gasteiger partial charge in [0.25, 0.3) is 0 Å². The van der Waals surface area contributed by atoms with E-state index in [1.54, 1.807) is 0 Å². The van der Waals surface area contributed by atoms with Crippen LogP contribution in [0.2, 0.25) is 0 Å². The van der Waals surface area contributed by atoms with Crippen LogP contribution in [0.5, 0.6) is 0 Å². The Labute approximate surface area is 127 Å². The Morgan fingerprint density at radius 1 is 1.43 bits per heavy atom. The molecule has 1 saturated carbocycles. The molecule has 1 spiro atoms. The van der Waals surface area contributed by atoms with Gasteiger partial charge in [-0.2, -0.15) is 0 Å². The SMILES string of the molecule is CC(C)CCC1CC2=CC(=O)O[C@@]23C[C@@H]1N1CCCC[C@@H]13. The largest absolute Gasteiger partial charge is 0.450 e. The summed E-state index contributed by atoms with van der Waals surface area (Å²) >= 11 is 0. The molecular weight excluding hydrogens is 262 g/mol. The number of nitrogens with zero attached hydrogens (tertiary/aromatic N) is 1. The predicted molar refractivity (Wildman–Crippen MR) is 81.8 cm³/mol. The molecule has 3 nitrogen and oxygen atoms in total. The first-order valence-corrected chi connectivity index (χ1v) is 8.80. The zero-order valence-electron chi connectivity index (χ0n) is 13.3. The molecule has 21 heavy (non-hydrogen) atoms. The van der Waals surface area contributed by atoms with Crippen molar-refractivity contribution in [1.82, 2.24) is 4.90 Å². The van der Waals surface area contributed by atoms with Gasteiger partial charge in [-0.3, -0.25) is 4.90 Å². The molecule has 4 aliphatic rings. The van der Waals surface area contributed by atoms with Crippen molar-refractivity contribution >= 4 is 5.97 Å². The average molecular weight is 289 g/mol. The summed E-state index contributed by atoms with van der Waals surface area (Å²) in [6.07, 6.45) is 10.4. The van der Waals surface area contributed by atoms with E-state index in [0.717, 1.165) is 24.7 Å². The van der Waals surface area contributed by atoms with Gasteiger partial charge in [-0.25, -0.2) is 4.79 Å². The van der Waals surface area contributed by atoms with Crippen molar-refractivity contribution in [3.63, 3.8) is 0 Å². The smallest absolute Gasteiger partial charge is 0.331 e. The summed E-state index contributed by atoms with van der Waals surface area (Å²) in [7, 11) is 0. The molecule has 4 atom stereocenters. The van der Waals surface area contributed by atoms with Gasteiger partial charge >= 0.3 is 5.97 Å². The van der Waals surface area contributed by atoms with Crippen molar-refractivity contribution < 1.29 is 9.53 Å². The summed E-state index contributed by atoms with van der Waals surface area (Å²) in [6.45, 7) is 5.83. The molecule has 0 radical (unpaired) electrons. The summed E-state index contributed by atoms with van der Waals surface area (Å²) in [6, 6.07) is 1.12. The first-order valence-electron chi connectivity index (χ1n) is 8.80. The van der Waals surface area contributed by atoms with Gasteiger partial charge in [-0.1, -0.05) is 26.7 Å². The van der Waals surface area contributed by atoms with Crippen LogP contribution in [0.15, 0.2) is 11.6 Å². The number of fused-ring (bicyclic) bond motifs is 3. The minimum absolute atomic E-state index is 0.0827. The van der Waals surface area contributed by atoms with E-state index in [1.807, 2.05) is 6.08 Å². The number of esters is 1. The molecule has 1 aliphatic carbocycles. The minimum atomic E-state index is -0.226. The lowest BCUT2D eigenvalue weighted by Gasteiger charge is -2.38. The second kappa shape index (κ2) is 4.84. The standard InChI is InChI=1S/C18H27NO2/c1-12(2)6-7-13-9-14-10-17(20)21-18(14)11-15(13)19-8-4-3-5-16(18)19/h10,12-13,15-16H,3-9,11H2,1-2H3/t13?,15-,16+,18-/m0/s1. The molecule has 4 rings (SSSR count). The van der Waals surface area contributed by atoms with E-state index >= 15 is 0 Å². The Balaban J connectivity index is 1.64. The number of hydrogen-bond acceptors (Lipinski definition) is 3. The summed E-state index contributed by atoms with van der Waals surface area (Å²) in [5.41, 5.74) is 1.10. The maximum absolute atomic E-state index is 11.9. The van der Waals surface area contributed by atoms with Crippen molar-refractivity contribution in [2.45, 2.75) is 76.5 Å². The number of carbonyl (C=O) groups excluding carboxylic acids is 1. The quantitative estimate of drug-likeness (QED) is 0.747. The third-order valence-corrected chi connectivity index (χ3v) is 6.28. The Morgan fingerprint density at radius 2 is 2.29 bits per heavy atom. The van der Waals surface area contributed by atoms with Gasteiger partial charge in [0.05, 0.1) is 6.04 Å². The van der Waals surface area contributed by atoms with Crippen LogP contribution in [0, 0.1) is 11.8 Å². The molecular formula is C18H27NO2. The van der Waals surface area contributed by atoms with Crippen molar-refractivity contribution in [2.24, 2.45) is 11.8 Å². The zero-order valence-corrected chi connectivity index (χ0v) is 13.3. The first kappa shape index (κ1) is 13.8. The van der Waals surface area contributed by atoms with E-state index in [0.29, 0.717) is 12.1 Å². The number of hydrogen-bond donors (Lipinski definition) is 0. The van der Waals surface area contributed by atoms with E-state index in [9.17, 15) is 4.79 Å². The highest BCUT2D eigenvalue weighted by Crippen LogP contribution is 2.56. The van der Waals surface area contributed by atoms with Crippen molar-refractivity contribution in [3.05, 3.63) is 11.6 Å². The zero-order chi connectivity index (χ0) is 14.6. The monoisotopic (exact) mass is 289 g/mol. The van der Waals surface area contributed by atoms with Crippen LogP contribution in [0.1, 0.15) is 58.8 Å². The normalized spacial score (nSPS) is 41.8. The summed E-state index contributed by atoms with van der Waals surface area (Å²) in [5, 5.41) is 0. The summed E-state index contributed by atoms with van der Waals surface area (Å²) in [5.74, 6) is 1.41. The van der Waals surface area contributed by atoms with Gasteiger partial charge in [0.2, 0.25) is 0 Å². The van der Waals surface area contributed by atoms with Gasteiger partial charge in [-0.15, -0.1) is 0 Å². The van der Waals surface area contributed by atoms with Gasteiger partial charge in [0.15, 0.2) is 5.60 Å². The Kier molecular flexibility index (Phi) is 3.18. The average Bonchev–Trinajstić information content (AvgIpc) is 2.93. The number of ether oxygens (including phenoxy) is 1. The second-order valence-corrected chi connectivity index (χ2v) is 7.94. The summed E-state index contributed by atoms with van der Waals surface area (Å²) < 4.78 is 5.91. The van der Waals surface area contributed by atoms with Crippen molar-refractivity contribution in [2.75, 3.05) is 6.54 Å². The highest BCUT2D eigenvalue weighted by molar-refractivity contribution is 5.87. The molecule has 0 aromatic carbocycles. The fraction of sp³-hybridized carbons (Fsp3) is 0.833. The molecule has 2 bridgehead atoms. The van der Waals surface area contributed by atoms with E-state index < -0.39 is 0 Å². The van der Waals surface area contributed by atoms with Gasteiger partial charge in [-0.05, 0) is 49.6 Å². The van der Waals surface area contributed by atoms with Gasteiger partial charge < -0.3 is 4.74 Å². The molecule has 1 unspecified atom stereocenters. The Bertz CT molecular complexity index is 484. The lowest BCUT2D eigenvalue weighted by molar-refractivity contribution is -0.148. The van der Waals surface area contributed by atoms with Crippen LogP contribution in [-0.4, -0.2) is 35.1 Å². The van der Waals surface area contributed by atoms with Crippen LogP contribution in [0.4, 0.5) is 0 Å². The van der Waals surface area contributed by atoms with E-state index in [4.69, 9.17) is 4.74 Å². The van der Waals surface area contributed by atoms with Crippen LogP contribution in [0.25, 0.3) is 0 Å². The fourth-order valence-electron chi connectivity index (χ4n) is 5.34. The number of carbonyl (C=O) groups is 1. The molecule has 3 heterocycles. The third-order valence-electron chi connectivity index (χ3n) is 6.28. The number of rotatable bonds is 3. The molecule has 0 N–H and O–H groups in total. The predicted octanol–water partition coefficient (Wildman–Crippen LogP) is 3.29. The molecule has 2 saturated heterocycles. The van der Waals surface area contributed by atoms with Gasteiger partial charge in [0.1, 0.15) is 0 Å². The third kappa shape index (κ3) is 2.00. The van der Waals surface area contributed by atoms with E-state index in [-0.39, 0.29) is 11.6 Å². The molecule has 3 aliphatic heterocycles. The lowest BCUT2D eigenvalue weighted by atomic mass is 9.71.